The zero-order valence-corrected chi connectivity index (χ0v) is 9.81. The predicted octanol–water partition coefficient (Wildman–Crippen LogP) is 2.79. The van der Waals surface area contributed by atoms with Crippen molar-refractivity contribution in [1.82, 2.24) is 0 Å². The molecule has 1 unspecified atom stereocenters. The van der Waals surface area contributed by atoms with Gasteiger partial charge < -0.3 is 0 Å². The minimum absolute atomic E-state index is 0.460. The summed E-state index contributed by atoms with van der Waals surface area (Å²) in [7, 11) is -3.96. The van der Waals surface area contributed by atoms with Crippen molar-refractivity contribution in [2.75, 3.05) is 0 Å². The average Bonchev–Trinajstić information content (AvgIpc) is 2.08. The predicted molar refractivity (Wildman–Crippen MR) is 58.9 cm³/mol. The summed E-state index contributed by atoms with van der Waals surface area (Å²) in [4.78, 5) is 0. The molecule has 0 aliphatic heterocycles. The Balaban J connectivity index is 4.43. The first-order valence-corrected chi connectivity index (χ1v) is 6.57. The molecule has 14 heavy (non-hydrogen) atoms. The molecule has 0 heterocycles. The molecule has 3 nitrogen and oxygen atoms in total. The highest BCUT2D eigenvalue weighted by Gasteiger charge is 2.24. The Morgan fingerprint density at radius 2 is 1.93 bits per heavy atom. The van der Waals surface area contributed by atoms with Crippen molar-refractivity contribution < 1.29 is 13.0 Å². The maximum absolute atomic E-state index is 11.0. The smallest absolute Gasteiger partial charge is 0.271 e. The van der Waals surface area contributed by atoms with Gasteiger partial charge in [0, 0.05) is 0 Å². The summed E-state index contributed by atoms with van der Waals surface area (Å²) < 4.78 is 31.0. The summed E-state index contributed by atoms with van der Waals surface area (Å²) in [5, 5.41) is -0.765. The number of rotatable bonds is 7. The lowest BCUT2D eigenvalue weighted by Gasteiger charge is -2.15. The molecule has 0 radical (unpaired) electrons. The van der Waals surface area contributed by atoms with Gasteiger partial charge in [0.2, 0.25) is 0 Å². The maximum Gasteiger partial charge on any atom is 0.271 e. The molecule has 0 spiro atoms. The summed E-state index contributed by atoms with van der Waals surface area (Å²) in [5.41, 5.74) is 0.635. The largest absolute Gasteiger partial charge is 0.285 e. The van der Waals surface area contributed by atoms with Gasteiger partial charge in [0.05, 0.1) is 0 Å². The van der Waals surface area contributed by atoms with Gasteiger partial charge in [-0.25, -0.2) is 0 Å². The van der Waals surface area contributed by atoms with Gasteiger partial charge in [-0.05, 0) is 19.3 Å². The molecule has 84 valence electrons. The van der Waals surface area contributed by atoms with Crippen molar-refractivity contribution in [2.45, 2.75) is 51.2 Å². The molecule has 0 bridgehead atoms. The van der Waals surface area contributed by atoms with E-state index < -0.39 is 15.4 Å². The summed E-state index contributed by atoms with van der Waals surface area (Å²) in [6.45, 7) is 7.67. The van der Waals surface area contributed by atoms with E-state index in [1.54, 1.807) is 0 Å². The summed E-state index contributed by atoms with van der Waals surface area (Å²) in [5.74, 6) is 0. The third kappa shape index (κ3) is 4.77. The Bertz CT molecular complexity index is 267. The second kappa shape index (κ2) is 6.19. The SMILES string of the molecule is C=C(CCCC)C(CCC)S(=O)(=O)O. The zero-order valence-electron chi connectivity index (χ0n) is 8.99. The van der Waals surface area contributed by atoms with Gasteiger partial charge in [-0.1, -0.05) is 38.8 Å². The topological polar surface area (TPSA) is 54.4 Å². The van der Waals surface area contributed by atoms with E-state index in [1.807, 2.05) is 13.8 Å². The molecule has 0 aliphatic carbocycles. The second-order valence-corrected chi connectivity index (χ2v) is 5.15. The van der Waals surface area contributed by atoms with Crippen LogP contribution in [0.15, 0.2) is 12.2 Å². The van der Waals surface area contributed by atoms with Gasteiger partial charge in [-0.3, -0.25) is 4.55 Å². The van der Waals surface area contributed by atoms with Gasteiger partial charge >= 0.3 is 0 Å². The van der Waals surface area contributed by atoms with Crippen LogP contribution in [0.5, 0.6) is 0 Å². The first-order valence-electron chi connectivity index (χ1n) is 5.07. The lowest BCUT2D eigenvalue weighted by Crippen LogP contribution is -2.22. The highest BCUT2D eigenvalue weighted by molar-refractivity contribution is 7.86. The lowest BCUT2D eigenvalue weighted by atomic mass is 10.0. The quantitative estimate of drug-likeness (QED) is 0.530. The van der Waals surface area contributed by atoms with Gasteiger partial charge in [0.1, 0.15) is 5.25 Å². The first-order chi connectivity index (χ1) is 6.43. The second-order valence-electron chi connectivity index (χ2n) is 3.55. The van der Waals surface area contributed by atoms with Crippen LogP contribution >= 0.6 is 0 Å². The van der Waals surface area contributed by atoms with Crippen LogP contribution in [0.2, 0.25) is 0 Å². The van der Waals surface area contributed by atoms with Crippen molar-refractivity contribution in [3.05, 3.63) is 12.2 Å². The summed E-state index contributed by atoms with van der Waals surface area (Å²) >= 11 is 0. The molecule has 0 saturated carbocycles. The van der Waals surface area contributed by atoms with E-state index in [0.717, 1.165) is 19.3 Å². The molecular weight excluding hydrogens is 200 g/mol. The molecule has 1 atom stereocenters. The molecule has 4 heteroatoms. The highest BCUT2D eigenvalue weighted by Crippen LogP contribution is 2.20. The Morgan fingerprint density at radius 3 is 2.29 bits per heavy atom. The maximum atomic E-state index is 11.0. The van der Waals surface area contributed by atoms with E-state index in [2.05, 4.69) is 6.58 Å². The number of hydrogen-bond acceptors (Lipinski definition) is 2. The molecule has 0 aromatic rings. The molecule has 0 aliphatic rings. The van der Waals surface area contributed by atoms with Gasteiger partial charge in [-0.2, -0.15) is 8.42 Å². The summed E-state index contributed by atoms with van der Waals surface area (Å²) in [6.07, 6.45) is 3.80. The Labute approximate surface area is 87.0 Å². The van der Waals surface area contributed by atoms with Gasteiger partial charge in [0.25, 0.3) is 10.1 Å². The minimum atomic E-state index is -3.96. The van der Waals surface area contributed by atoms with Gasteiger partial charge in [0.15, 0.2) is 0 Å². The fraction of sp³-hybridized carbons (Fsp3) is 0.800. The lowest BCUT2D eigenvalue weighted by molar-refractivity contribution is 0.466. The van der Waals surface area contributed by atoms with E-state index in [4.69, 9.17) is 4.55 Å². The van der Waals surface area contributed by atoms with E-state index in [9.17, 15) is 8.42 Å². The van der Waals surface area contributed by atoms with Crippen molar-refractivity contribution >= 4 is 10.1 Å². The summed E-state index contributed by atoms with van der Waals surface area (Å²) in [6, 6.07) is 0. The van der Waals surface area contributed by atoms with Crippen molar-refractivity contribution in [3.63, 3.8) is 0 Å². The molecule has 0 rings (SSSR count). The third-order valence-corrected chi connectivity index (χ3v) is 3.51. The third-order valence-electron chi connectivity index (χ3n) is 2.22. The van der Waals surface area contributed by atoms with Crippen molar-refractivity contribution in [2.24, 2.45) is 0 Å². The molecule has 0 aromatic heterocycles. The highest BCUT2D eigenvalue weighted by atomic mass is 32.2. The molecule has 0 amide bonds. The van der Waals surface area contributed by atoms with E-state index in [0.29, 0.717) is 18.4 Å². The van der Waals surface area contributed by atoms with Crippen LogP contribution in [0.25, 0.3) is 0 Å². The zero-order chi connectivity index (χ0) is 11.2. The van der Waals surface area contributed by atoms with E-state index >= 15 is 0 Å². The molecule has 1 N–H and O–H groups in total. The van der Waals surface area contributed by atoms with Crippen LogP contribution in [-0.2, 0) is 10.1 Å². The van der Waals surface area contributed by atoms with Crippen LogP contribution in [0.1, 0.15) is 46.0 Å². The Kier molecular flexibility index (Phi) is 6.04. The fourth-order valence-corrected chi connectivity index (χ4v) is 2.46. The normalized spacial score (nSPS) is 13.9. The van der Waals surface area contributed by atoms with Crippen LogP contribution in [0.4, 0.5) is 0 Å². The van der Waals surface area contributed by atoms with Crippen molar-refractivity contribution in [1.29, 1.82) is 0 Å². The molecule has 0 aromatic carbocycles. The molecule has 0 saturated heterocycles. The average molecular weight is 220 g/mol. The fourth-order valence-electron chi connectivity index (χ4n) is 1.39. The van der Waals surface area contributed by atoms with Crippen LogP contribution in [0, 0.1) is 0 Å². The minimum Gasteiger partial charge on any atom is -0.285 e. The Hall–Kier alpha value is -0.350. The number of unbranched alkanes of at least 4 members (excludes halogenated alkanes) is 1. The Morgan fingerprint density at radius 1 is 1.36 bits per heavy atom. The van der Waals surface area contributed by atoms with E-state index in [-0.39, 0.29) is 0 Å². The van der Waals surface area contributed by atoms with Crippen molar-refractivity contribution in [3.8, 4) is 0 Å². The monoisotopic (exact) mass is 220 g/mol. The van der Waals surface area contributed by atoms with Crippen LogP contribution in [-0.4, -0.2) is 18.2 Å². The van der Waals surface area contributed by atoms with Crippen LogP contribution < -0.4 is 0 Å². The van der Waals surface area contributed by atoms with Crippen LogP contribution in [0.3, 0.4) is 0 Å². The molecule has 0 fully saturated rings. The standard InChI is InChI=1S/C10H20O3S/c1-4-6-8-9(3)10(7-5-2)14(11,12)13/h10H,3-8H2,1-2H3,(H,11,12,13). The van der Waals surface area contributed by atoms with Gasteiger partial charge in [-0.15, -0.1) is 0 Å². The van der Waals surface area contributed by atoms with E-state index in [1.165, 1.54) is 0 Å². The molecular formula is C10H20O3S. The number of hydrogen-bond donors (Lipinski definition) is 1. The first kappa shape index (κ1) is 13.7.